The number of carboxylic acids is 2. The predicted octanol–water partition coefficient (Wildman–Crippen LogP) is -1.44. The van der Waals surface area contributed by atoms with Crippen molar-refractivity contribution in [3.63, 3.8) is 0 Å². The van der Waals surface area contributed by atoms with Crippen molar-refractivity contribution >= 4 is 60.8 Å². The van der Waals surface area contributed by atoms with E-state index in [-0.39, 0.29) is 48.9 Å². The molecule has 2 aromatic carbocycles. The van der Waals surface area contributed by atoms with E-state index in [1.807, 2.05) is 0 Å². The second-order valence-electron chi connectivity index (χ2n) is 4.26. The van der Waals surface area contributed by atoms with Gasteiger partial charge in [0.05, 0.1) is 11.9 Å². The topological polar surface area (TPSA) is 121 Å². The molecule has 0 bridgehead atoms. The number of carbonyl (C=O) groups is 2. The Kier molecular flexibility index (Phi) is 10.9. The van der Waals surface area contributed by atoms with Gasteiger partial charge in [-0.3, -0.25) is 0 Å². The number of aliphatic carboxylic acids is 2. The first-order valence-electron chi connectivity index (χ1n) is 6.31. The van der Waals surface area contributed by atoms with Crippen molar-refractivity contribution < 1.29 is 30.0 Å². The normalized spacial score (nSPS) is 11.9. The van der Waals surface area contributed by atoms with E-state index >= 15 is 0 Å². The Balaban J connectivity index is 0.000000403. The maximum absolute atomic E-state index is 10.1. The third kappa shape index (κ3) is 7.80. The van der Waals surface area contributed by atoms with Crippen molar-refractivity contribution in [2.45, 2.75) is 12.2 Å². The van der Waals surface area contributed by atoms with Crippen LogP contribution in [0.5, 0.6) is 0 Å². The first-order valence-corrected chi connectivity index (χ1v) is 6.31. The van der Waals surface area contributed by atoms with E-state index in [9.17, 15) is 19.8 Å². The van der Waals surface area contributed by atoms with Gasteiger partial charge in [0.2, 0.25) is 0 Å². The molecule has 0 heterocycles. The van der Waals surface area contributed by atoms with Crippen molar-refractivity contribution in [1.29, 1.82) is 0 Å². The standard InChI is InChI=1S/2C8H8O3.Ba/c2*9-7(8(10)11)6-4-2-1-3-5-6;/h2*1-5,7,9H,(H,10,11);/q;;+2/p-2. The van der Waals surface area contributed by atoms with E-state index < -0.39 is 24.1 Å². The maximum atomic E-state index is 10.1. The van der Waals surface area contributed by atoms with Crippen LogP contribution in [0.2, 0.25) is 0 Å². The van der Waals surface area contributed by atoms with Gasteiger partial charge in [-0.1, -0.05) is 60.7 Å². The summed E-state index contributed by atoms with van der Waals surface area (Å²) in [5.74, 6) is -2.95. The smallest absolute Gasteiger partial charge is 0.547 e. The fraction of sp³-hybridized carbons (Fsp3) is 0.125. The number of aliphatic hydroxyl groups excluding tert-OH is 2. The molecule has 0 amide bonds. The molecule has 0 saturated heterocycles. The molecule has 0 saturated carbocycles. The van der Waals surface area contributed by atoms with Crippen LogP contribution >= 0.6 is 0 Å². The summed E-state index contributed by atoms with van der Waals surface area (Å²) in [5.41, 5.74) is 0.681. The molecule has 6 nitrogen and oxygen atoms in total. The second-order valence-corrected chi connectivity index (χ2v) is 4.26. The van der Waals surface area contributed by atoms with Gasteiger partial charge in [-0.2, -0.15) is 0 Å². The number of hydrogen-bond donors (Lipinski definition) is 2. The number of hydrogen-bond acceptors (Lipinski definition) is 6. The second kappa shape index (κ2) is 11.4. The van der Waals surface area contributed by atoms with Crippen LogP contribution in [0.4, 0.5) is 0 Å². The average molecular weight is 440 g/mol. The van der Waals surface area contributed by atoms with Crippen molar-refractivity contribution in [3.05, 3.63) is 71.8 Å². The van der Waals surface area contributed by atoms with E-state index in [2.05, 4.69) is 0 Å². The Bertz CT molecular complexity index is 547. The average Bonchev–Trinajstić information content (AvgIpc) is 2.55. The van der Waals surface area contributed by atoms with Gasteiger partial charge in [-0.25, -0.2) is 0 Å². The molecule has 0 aromatic heterocycles. The summed E-state index contributed by atoms with van der Waals surface area (Å²) in [6.45, 7) is 0. The van der Waals surface area contributed by atoms with Crippen LogP contribution in [0.15, 0.2) is 60.7 Å². The number of aliphatic hydroxyl groups is 2. The molecule has 0 aliphatic carbocycles. The first kappa shape index (κ1) is 21.9. The van der Waals surface area contributed by atoms with Gasteiger partial charge in [0, 0.05) is 0 Å². The molecule has 2 unspecified atom stereocenters. The van der Waals surface area contributed by atoms with Crippen molar-refractivity contribution in [2.75, 3.05) is 0 Å². The maximum Gasteiger partial charge on any atom is 2.00 e. The largest absolute Gasteiger partial charge is 2.00 e. The minimum absolute atomic E-state index is 0. The molecule has 0 radical (unpaired) electrons. The van der Waals surface area contributed by atoms with Gasteiger partial charge in [-0.15, -0.1) is 0 Å². The first-order chi connectivity index (χ1) is 10.4. The van der Waals surface area contributed by atoms with Gasteiger partial charge in [0.15, 0.2) is 0 Å². The van der Waals surface area contributed by atoms with Crippen LogP contribution in [0.25, 0.3) is 0 Å². The van der Waals surface area contributed by atoms with Gasteiger partial charge in [0.25, 0.3) is 0 Å². The monoisotopic (exact) mass is 440 g/mol. The van der Waals surface area contributed by atoms with Gasteiger partial charge < -0.3 is 30.0 Å². The Labute approximate surface area is 173 Å². The van der Waals surface area contributed by atoms with Crippen molar-refractivity contribution in [1.82, 2.24) is 0 Å². The third-order valence-corrected chi connectivity index (χ3v) is 2.68. The van der Waals surface area contributed by atoms with E-state index in [1.54, 1.807) is 36.4 Å². The Morgan fingerprint density at radius 2 is 0.957 bits per heavy atom. The quantitative estimate of drug-likeness (QED) is 0.563. The summed E-state index contributed by atoms with van der Waals surface area (Å²) in [7, 11) is 0. The van der Waals surface area contributed by atoms with Crippen LogP contribution < -0.4 is 10.2 Å². The molecule has 2 atom stereocenters. The van der Waals surface area contributed by atoms with Crippen LogP contribution in [-0.2, 0) is 9.59 Å². The molecule has 23 heavy (non-hydrogen) atoms. The zero-order chi connectivity index (χ0) is 16.5. The van der Waals surface area contributed by atoms with Crippen LogP contribution in [0.1, 0.15) is 23.3 Å². The molecule has 2 aromatic rings. The molecule has 2 N–H and O–H groups in total. The SMILES string of the molecule is O=C([O-])C(O)c1ccccc1.O=C([O-])C(O)c1ccccc1.[Ba+2]. The molecule has 0 aliphatic rings. The Morgan fingerprint density at radius 1 is 0.696 bits per heavy atom. The van der Waals surface area contributed by atoms with Gasteiger partial charge >= 0.3 is 48.9 Å². The molecule has 0 spiro atoms. The van der Waals surface area contributed by atoms with E-state index in [0.29, 0.717) is 11.1 Å². The number of rotatable bonds is 4. The van der Waals surface area contributed by atoms with Crippen LogP contribution in [0.3, 0.4) is 0 Å². The van der Waals surface area contributed by atoms with Gasteiger partial charge in [0.1, 0.15) is 12.2 Å². The van der Waals surface area contributed by atoms with E-state index in [4.69, 9.17) is 10.2 Å². The summed E-state index contributed by atoms with van der Waals surface area (Å²) >= 11 is 0. The Hall–Kier alpha value is -1.13. The summed E-state index contributed by atoms with van der Waals surface area (Å²) in [4.78, 5) is 20.3. The van der Waals surface area contributed by atoms with Crippen LogP contribution in [0, 0.1) is 0 Å². The minimum Gasteiger partial charge on any atom is -0.547 e. The number of carbonyl (C=O) groups excluding carboxylic acids is 2. The molecule has 7 heteroatoms. The predicted molar refractivity (Wildman–Crippen MR) is 78.6 cm³/mol. The zero-order valence-electron chi connectivity index (χ0n) is 12.2. The van der Waals surface area contributed by atoms with Crippen LogP contribution in [-0.4, -0.2) is 71.0 Å². The molecule has 116 valence electrons. The Morgan fingerprint density at radius 3 is 1.17 bits per heavy atom. The molecular formula is C16H14BaO6. The zero-order valence-corrected chi connectivity index (χ0v) is 16.6. The number of benzene rings is 2. The molecular weight excluding hydrogens is 425 g/mol. The van der Waals surface area contributed by atoms with E-state index in [1.165, 1.54) is 24.3 Å². The van der Waals surface area contributed by atoms with Gasteiger partial charge in [-0.05, 0) is 11.1 Å². The molecule has 2 rings (SSSR count). The fourth-order valence-electron chi connectivity index (χ4n) is 1.54. The summed E-state index contributed by atoms with van der Waals surface area (Å²) in [6, 6.07) is 16.2. The summed E-state index contributed by atoms with van der Waals surface area (Å²) in [6.07, 6.45) is -3.03. The van der Waals surface area contributed by atoms with E-state index in [0.717, 1.165) is 0 Å². The fourth-order valence-corrected chi connectivity index (χ4v) is 1.54. The summed E-state index contributed by atoms with van der Waals surface area (Å²) < 4.78 is 0. The third-order valence-electron chi connectivity index (χ3n) is 2.68. The summed E-state index contributed by atoms with van der Waals surface area (Å²) in [5, 5.41) is 38.1. The molecule has 0 aliphatic heterocycles. The van der Waals surface area contributed by atoms with Crippen molar-refractivity contribution in [2.24, 2.45) is 0 Å². The minimum atomic E-state index is -1.52. The number of carboxylic acid groups (broad SMARTS) is 2. The van der Waals surface area contributed by atoms with Crippen molar-refractivity contribution in [3.8, 4) is 0 Å². The molecule has 0 fully saturated rings.